The molecule has 3 heterocycles. The van der Waals surface area contributed by atoms with Gasteiger partial charge in [-0.1, -0.05) is 12.1 Å². The Morgan fingerprint density at radius 3 is 2.81 bits per heavy atom. The molecule has 1 aromatic heterocycles. The lowest BCUT2D eigenvalue weighted by atomic mass is 9.73. The fourth-order valence-corrected chi connectivity index (χ4v) is 5.24. The molecule has 1 aromatic carbocycles. The monoisotopic (exact) mass is 453 g/mol. The number of rotatable bonds is 8. The number of esters is 1. The zero-order valence-corrected chi connectivity index (χ0v) is 18.8. The summed E-state index contributed by atoms with van der Waals surface area (Å²) in [4.78, 5) is 24.8. The molecule has 2 unspecified atom stereocenters. The van der Waals surface area contributed by atoms with Crippen LogP contribution in [0.4, 0.5) is 4.39 Å². The number of thioether (sulfide) groups is 1. The van der Waals surface area contributed by atoms with Crippen molar-refractivity contribution in [1.29, 1.82) is 0 Å². The average Bonchev–Trinajstić information content (AvgIpc) is 3.16. The summed E-state index contributed by atoms with van der Waals surface area (Å²) < 4.78 is 23.9. The summed E-state index contributed by atoms with van der Waals surface area (Å²) in [7, 11) is 1.33. The highest BCUT2D eigenvalue weighted by molar-refractivity contribution is 8.03. The quantitative estimate of drug-likeness (QED) is 0.408. The van der Waals surface area contributed by atoms with Crippen LogP contribution in [-0.4, -0.2) is 42.1 Å². The number of halogens is 1. The second-order valence-corrected chi connectivity index (χ2v) is 8.73. The second-order valence-electron chi connectivity index (χ2n) is 7.78. The summed E-state index contributed by atoms with van der Waals surface area (Å²) >= 11 is 1.68. The van der Waals surface area contributed by atoms with Gasteiger partial charge >= 0.3 is 5.97 Å². The van der Waals surface area contributed by atoms with E-state index in [1.807, 2.05) is 12.1 Å². The number of hydrogen-bond acceptors (Lipinski definition) is 7. The molecule has 0 fully saturated rings. The van der Waals surface area contributed by atoms with Gasteiger partial charge < -0.3 is 9.47 Å². The minimum atomic E-state index is -0.442. The van der Waals surface area contributed by atoms with Crippen molar-refractivity contribution in [3.05, 3.63) is 65.1 Å². The smallest absolute Gasteiger partial charge is 0.339 e. The lowest BCUT2D eigenvalue weighted by Gasteiger charge is -2.35. The molecule has 0 spiro atoms. The Balaban J connectivity index is 1.35. The third-order valence-corrected chi connectivity index (χ3v) is 6.97. The van der Waals surface area contributed by atoms with E-state index in [4.69, 9.17) is 9.47 Å². The number of carbonyl (C=O) groups excluding carboxylic acids is 1. The van der Waals surface area contributed by atoms with Crippen LogP contribution in [0.15, 0.2) is 58.1 Å². The van der Waals surface area contributed by atoms with E-state index in [1.165, 1.54) is 25.4 Å². The predicted octanol–water partition coefficient (Wildman–Crippen LogP) is 5.16. The highest BCUT2D eigenvalue weighted by Crippen LogP contribution is 2.53. The van der Waals surface area contributed by atoms with Gasteiger partial charge in [-0.15, -0.1) is 11.8 Å². The van der Waals surface area contributed by atoms with Crippen molar-refractivity contribution in [2.75, 3.05) is 13.7 Å². The van der Waals surface area contributed by atoms with Crippen LogP contribution < -0.4 is 4.74 Å². The van der Waals surface area contributed by atoms with E-state index in [0.29, 0.717) is 17.9 Å². The molecule has 0 amide bonds. The molecule has 0 saturated heterocycles. The fraction of sp³-hybridized carbons (Fsp3) is 0.333. The van der Waals surface area contributed by atoms with Crippen molar-refractivity contribution in [3.63, 3.8) is 0 Å². The van der Waals surface area contributed by atoms with Gasteiger partial charge in [0.05, 0.1) is 30.9 Å². The van der Waals surface area contributed by atoms with Crippen LogP contribution in [0.1, 0.15) is 42.1 Å². The first-order valence-corrected chi connectivity index (χ1v) is 11.3. The molecule has 6 nitrogen and oxygen atoms in total. The Morgan fingerprint density at radius 1 is 1.22 bits per heavy atom. The van der Waals surface area contributed by atoms with Crippen LogP contribution in [0, 0.1) is 11.2 Å². The largest absolute Gasteiger partial charge is 0.492 e. The molecule has 166 valence electrons. The number of carbonyl (C=O) groups is 1. The molecule has 0 N–H and O–H groups in total. The van der Waals surface area contributed by atoms with Gasteiger partial charge in [0, 0.05) is 11.9 Å². The maximum absolute atomic E-state index is 13.4. The first-order chi connectivity index (χ1) is 15.5. The van der Waals surface area contributed by atoms with E-state index < -0.39 is 5.97 Å². The molecular weight excluding hydrogens is 429 g/mol. The Morgan fingerprint density at radius 2 is 2.03 bits per heavy atom. The zero-order chi connectivity index (χ0) is 22.6. The van der Waals surface area contributed by atoms with Crippen molar-refractivity contribution in [3.8, 4) is 5.75 Å². The van der Waals surface area contributed by atoms with Gasteiger partial charge in [0.25, 0.3) is 0 Å². The first kappa shape index (κ1) is 22.2. The Bertz CT molecular complexity index is 1080. The van der Waals surface area contributed by atoms with E-state index in [0.717, 1.165) is 36.1 Å². The lowest BCUT2D eigenvalue weighted by molar-refractivity contribution is 0.0599. The number of fused-ring (bicyclic) bond motifs is 1. The standard InChI is InChI=1S/C24H24FN3O3S/c1-24-20(16-6-8-18(25)9-7-16)14-32-23(24)28-15-27-21(24)5-3-4-10-31-19-11-17(12-26-13-19)22(29)30-2/h6-9,11-15,23H,3-5,10H2,1-2H3. The number of aromatic nitrogens is 1. The van der Waals surface area contributed by atoms with Crippen LogP contribution in [0.2, 0.25) is 0 Å². The number of benzene rings is 1. The van der Waals surface area contributed by atoms with Gasteiger partial charge in [-0.2, -0.15) is 0 Å². The minimum absolute atomic E-state index is 0.0402. The van der Waals surface area contributed by atoms with E-state index >= 15 is 0 Å². The van der Waals surface area contributed by atoms with Crippen LogP contribution in [0.3, 0.4) is 0 Å². The third-order valence-electron chi connectivity index (χ3n) is 5.75. The molecule has 2 aliphatic rings. The number of ether oxygens (including phenoxy) is 2. The van der Waals surface area contributed by atoms with Gasteiger partial charge in [-0.25, -0.2) is 14.2 Å². The molecule has 2 atom stereocenters. The van der Waals surface area contributed by atoms with Gasteiger partial charge in [0.2, 0.25) is 0 Å². The molecular formula is C24H24FN3O3S. The molecule has 32 heavy (non-hydrogen) atoms. The summed E-state index contributed by atoms with van der Waals surface area (Å²) in [5.41, 5.74) is 3.24. The van der Waals surface area contributed by atoms with Crippen LogP contribution in [0.5, 0.6) is 5.75 Å². The number of aliphatic imine (C=N–C) groups is 2. The topological polar surface area (TPSA) is 73.1 Å². The maximum Gasteiger partial charge on any atom is 0.339 e. The Hall–Kier alpha value is -3.00. The minimum Gasteiger partial charge on any atom is -0.492 e. The molecule has 0 aliphatic carbocycles. The number of pyridine rings is 1. The molecule has 8 heteroatoms. The predicted molar refractivity (Wildman–Crippen MR) is 125 cm³/mol. The third kappa shape index (κ3) is 4.46. The summed E-state index contributed by atoms with van der Waals surface area (Å²) in [6.07, 6.45) is 7.20. The second kappa shape index (κ2) is 9.65. The number of hydrogen-bond donors (Lipinski definition) is 0. The first-order valence-electron chi connectivity index (χ1n) is 10.4. The van der Waals surface area contributed by atoms with Gasteiger partial charge in [0.15, 0.2) is 0 Å². The zero-order valence-electron chi connectivity index (χ0n) is 18.0. The Kier molecular flexibility index (Phi) is 6.69. The summed E-state index contributed by atoms with van der Waals surface area (Å²) in [6, 6.07) is 8.23. The van der Waals surface area contributed by atoms with Crippen molar-refractivity contribution in [2.24, 2.45) is 15.4 Å². The van der Waals surface area contributed by atoms with E-state index in [2.05, 4.69) is 27.3 Å². The van der Waals surface area contributed by atoms with Crippen molar-refractivity contribution >= 4 is 35.4 Å². The summed E-state index contributed by atoms with van der Waals surface area (Å²) in [6.45, 7) is 2.67. The van der Waals surface area contributed by atoms with E-state index in [-0.39, 0.29) is 16.6 Å². The van der Waals surface area contributed by atoms with Crippen LogP contribution in [-0.2, 0) is 4.74 Å². The van der Waals surface area contributed by atoms with Crippen molar-refractivity contribution < 1.29 is 18.7 Å². The number of unbranched alkanes of at least 4 members (excludes halogenated alkanes) is 1. The summed E-state index contributed by atoms with van der Waals surface area (Å²) in [5.74, 6) is -0.150. The normalized spacial score (nSPS) is 21.5. The van der Waals surface area contributed by atoms with Crippen molar-refractivity contribution in [2.45, 2.75) is 31.6 Å². The highest BCUT2D eigenvalue weighted by Gasteiger charge is 2.47. The molecule has 4 rings (SSSR count). The molecule has 0 radical (unpaired) electrons. The van der Waals surface area contributed by atoms with Gasteiger partial charge in [0.1, 0.15) is 23.3 Å². The van der Waals surface area contributed by atoms with E-state index in [1.54, 1.807) is 30.4 Å². The van der Waals surface area contributed by atoms with Crippen LogP contribution in [0.25, 0.3) is 5.57 Å². The highest BCUT2D eigenvalue weighted by atomic mass is 32.2. The molecule has 2 aliphatic heterocycles. The molecule has 0 saturated carbocycles. The van der Waals surface area contributed by atoms with Gasteiger partial charge in [-0.3, -0.25) is 9.98 Å². The average molecular weight is 454 g/mol. The lowest BCUT2D eigenvalue weighted by Crippen LogP contribution is -2.38. The van der Waals surface area contributed by atoms with Crippen molar-refractivity contribution in [1.82, 2.24) is 4.98 Å². The van der Waals surface area contributed by atoms with Gasteiger partial charge in [-0.05, 0) is 60.9 Å². The van der Waals surface area contributed by atoms with E-state index in [9.17, 15) is 9.18 Å². The summed E-state index contributed by atoms with van der Waals surface area (Å²) in [5, 5.41) is 2.17. The van der Waals surface area contributed by atoms with Crippen LogP contribution >= 0.6 is 11.8 Å². The maximum atomic E-state index is 13.4. The molecule has 2 aromatic rings. The molecule has 0 bridgehead atoms. The Labute approximate surface area is 190 Å². The SMILES string of the molecule is COC(=O)c1cncc(OCCCCC2=NC=NC3SC=C(c4ccc(F)cc4)C23C)c1. The fourth-order valence-electron chi connectivity index (χ4n) is 3.94. The number of methoxy groups -OCH3 is 1. The number of nitrogens with zero attached hydrogens (tertiary/aromatic N) is 3.